The molecule has 0 fully saturated rings. The summed E-state index contributed by atoms with van der Waals surface area (Å²) in [6.07, 6.45) is 1.90. The standard InChI is InChI=1S/C18H20N4O6/c1-3-7-27-15-9-19-11(8-12(15)23)10-21-17-14(28-13(4-2)18(21)24)5-6-16(20-17)22(25)26/h5-6,8-9,13H,3-4,7,10H2,1-2H3,(H,19,23). The number of carbonyl (C=O) groups excluding carboxylic acids is 1. The summed E-state index contributed by atoms with van der Waals surface area (Å²) in [5, 5.41) is 11.1. The maximum Gasteiger partial charge on any atom is 0.366 e. The highest BCUT2D eigenvalue weighted by atomic mass is 16.6. The molecule has 0 saturated carbocycles. The molecule has 1 aliphatic heterocycles. The summed E-state index contributed by atoms with van der Waals surface area (Å²) >= 11 is 0. The largest absolute Gasteiger partial charge is 0.488 e. The molecule has 1 N–H and O–H groups in total. The molecule has 3 rings (SSSR count). The van der Waals surface area contributed by atoms with Crippen LogP contribution in [0.1, 0.15) is 32.4 Å². The molecule has 0 aliphatic carbocycles. The number of aromatic amines is 1. The maximum absolute atomic E-state index is 12.8. The fourth-order valence-electron chi connectivity index (χ4n) is 2.79. The molecule has 0 bridgehead atoms. The highest BCUT2D eigenvalue weighted by Gasteiger charge is 2.38. The van der Waals surface area contributed by atoms with Crippen molar-refractivity contribution in [2.24, 2.45) is 0 Å². The highest BCUT2D eigenvalue weighted by molar-refractivity contribution is 5.99. The molecule has 10 nitrogen and oxygen atoms in total. The van der Waals surface area contributed by atoms with Gasteiger partial charge in [0.2, 0.25) is 5.43 Å². The number of hydrogen-bond acceptors (Lipinski definition) is 7. The minimum absolute atomic E-state index is 0.0108. The SMILES string of the molecule is CCCOc1c[nH]c(CN2C(=O)C(CC)Oc3ccc([N+](=O)[O-])nc32)cc1=O. The van der Waals surface area contributed by atoms with Gasteiger partial charge in [0.05, 0.1) is 13.2 Å². The van der Waals surface area contributed by atoms with E-state index in [4.69, 9.17) is 9.47 Å². The van der Waals surface area contributed by atoms with Gasteiger partial charge in [-0.05, 0) is 28.8 Å². The van der Waals surface area contributed by atoms with E-state index in [-0.39, 0.29) is 35.2 Å². The topological polar surface area (TPSA) is 128 Å². The van der Waals surface area contributed by atoms with Crippen LogP contribution in [0.15, 0.2) is 29.2 Å². The van der Waals surface area contributed by atoms with Crippen molar-refractivity contribution in [3.63, 3.8) is 0 Å². The Hall–Kier alpha value is -3.43. The monoisotopic (exact) mass is 388 g/mol. The van der Waals surface area contributed by atoms with Gasteiger partial charge in [0, 0.05) is 24.0 Å². The summed E-state index contributed by atoms with van der Waals surface area (Å²) in [6, 6.07) is 3.99. The molecule has 10 heteroatoms. The second-order valence-corrected chi connectivity index (χ2v) is 6.22. The van der Waals surface area contributed by atoms with E-state index in [1.165, 1.54) is 29.3 Å². The van der Waals surface area contributed by atoms with Gasteiger partial charge in [-0.3, -0.25) is 14.5 Å². The third-order valence-corrected chi connectivity index (χ3v) is 4.18. The van der Waals surface area contributed by atoms with Crippen LogP contribution in [0.25, 0.3) is 0 Å². The van der Waals surface area contributed by atoms with Crippen molar-refractivity contribution in [2.75, 3.05) is 11.5 Å². The molecule has 1 aliphatic rings. The van der Waals surface area contributed by atoms with Crippen LogP contribution in [0, 0.1) is 10.1 Å². The number of rotatable bonds is 7. The zero-order valence-electron chi connectivity index (χ0n) is 15.5. The van der Waals surface area contributed by atoms with Gasteiger partial charge >= 0.3 is 5.82 Å². The highest BCUT2D eigenvalue weighted by Crippen LogP contribution is 2.35. The molecule has 0 aromatic carbocycles. The Labute approximate surface area is 160 Å². The molecule has 0 saturated heterocycles. The lowest BCUT2D eigenvalue weighted by Gasteiger charge is -2.30. The van der Waals surface area contributed by atoms with E-state index < -0.39 is 16.8 Å². The van der Waals surface area contributed by atoms with Crippen LogP contribution in [0.2, 0.25) is 0 Å². The minimum atomic E-state index is -0.727. The number of pyridine rings is 2. The van der Waals surface area contributed by atoms with E-state index in [2.05, 4.69) is 9.97 Å². The number of nitrogens with zero attached hydrogens (tertiary/aromatic N) is 3. The van der Waals surface area contributed by atoms with Gasteiger partial charge in [-0.25, -0.2) is 0 Å². The van der Waals surface area contributed by atoms with Gasteiger partial charge in [0.1, 0.15) is 0 Å². The summed E-state index contributed by atoms with van der Waals surface area (Å²) in [4.78, 5) is 43.6. The number of H-pyrrole nitrogens is 1. The predicted molar refractivity (Wildman–Crippen MR) is 99.6 cm³/mol. The molecule has 2 aromatic rings. The van der Waals surface area contributed by atoms with Crippen LogP contribution in [-0.2, 0) is 11.3 Å². The molecule has 28 heavy (non-hydrogen) atoms. The van der Waals surface area contributed by atoms with Gasteiger partial charge in [-0.2, -0.15) is 0 Å². The number of carbonyl (C=O) groups is 1. The van der Waals surface area contributed by atoms with Crippen LogP contribution >= 0.6 is 0 Å². The molecule has 0 radical (unpaired) electrons. The number of nitrogens with one attached hydrogen (secondary N) is 1. The first kappa shape index (κ1) is 19.3. The average molecular weight is 388 g/mol. The smallest absolute Gasteiger partial charge is 0.366 e. The van der Waals surface area contributed by atoms with Crippen molar-refractivity contribution in [1.29, 1.82) is 0 Å². The first-order chi connectivity index (χ1) is 13.4. The Bertz CT molecular complexity index is 957. The van der Waals surface area contributed by atoms with E-state index in [1.54, 1.807) is 6.92 Å². The quantitative estimate of drug-likeness (QED) is 0.568. The Kier molecular flexibility index (Phi) is 5.57. The van der Waals surface area contributed by atoms with Crippen molar-refractivity contribution >= 4 is 17.5 Å². The number of fused-ring (bicyclic) bond motifs is 1. The van der Waals surface area contributed by atoms with Crippen molar-refractivity contribution in [3.05, 3.63) is 50.4 Å². The second kappa shape index (κ2) is 8.07. The van der Waals surface area contributed by atoms with Crippen molar-refractivity contribution in [3.8, 4) is 11.5 Å². The number of hydrogen-bond donors (Lipinski definition) is 1. The Morgan fingerprint density at radius 2 is 2.14 bits per heavy atom. The van der Waals surface area contributed by atoms with Crippen molar-refractivity contribution in [2.45, 2.75) is 39.3 Å². The number of nitro groups is 1. The van der Waals surface area contributed by atoms with Gasteiger partial charge in [-0.1, -0.05) is 13.8 Å². The zero-order valence-corrected chi connectivity index (χ0v) is 15.5. The van der Waals surface area contributed by atoms with Crippen LogP contribution in [0.3, 0.4) is 0 Å². The van der Waals surface area contributed by atoms with Gasteiger partial charge in [0.15, 0.2) is 17.6 Å². The van der Waals surface area contributed by atoms with Crippen LogP contribution in [-0.4, -0.2) is 33.5 Å². The molecule has 1 atom stereocenters. The van der Waals surface area contributed by atoms with Gasteiger partial charge in [-0.15, -0.1) is 0 Å². The number of ether oxygens (including phenoxy) is 2. The van der Waals surface area contributed by atoms with Crippen molar-refractivity contribution < 1.29 is 19.2 Å². The fraction of sp³-hybridized carbons (Fsp3) is 0.389. The predicted octanol–water partition coefficient (Wildman–Crippen LogP) is 2.17. The Balaban J connectivity index is 1.95. The second-order valence-electron chi connectivity index (χ2n) is 6.22. The number of aromatic nitrogens is 2. The maximum atomic E-state index is 12.8. The first-order valence-corrected chi connectivity index (χ1v) is 8.92. The summed E-state index contributed by atoms with van der Waals surface area (Å²) in [6.45, 7) is 4.14. The lowest BCUT2D eigenvalue weighted by molar-refractivity contribution is -0.389. The van der Waals surface area contributed by atoms with Gasteiger partial charge in [0.25, 0.3) is 11.7 Å². The Morgan fingerprint density at radius 3 is 2.79 bits per heavy atom. The lowest BCUT2D eigenvalue weighted by Crippen LogP contribution is -2.46. The van der Waals surface area contributed by atoms with Crippen LogP contribution in [0.4, 0.5) is 11.6 Å². The normalized spacial score (nSPS) is 15.7. The zero-order chi connectivity index (χ0) is 20.3. The molecule has 2 aromatic heterocycles. The molecule has 0 spiro atoms. The van der Waals surface area contributed by atoms with E-state index in [0.717, 1.165) is 6.42 Å². The molecule has 1 unspecified atom stereocenters. The molecule has 3 heterocycles. The summed E-state index contributed by atoms with van der Waals surface area (Å²) in [7, 11) is 0. The third-order valence-electron chi connectivity index (χ3n) is 4.18. The summed E-state index contributed by atoms with van der Waals surface area (Å²) in [5.41, 5.74) is 0.125. The Morgan fingerprint density at radius 1 is 1.36 bits per heavy atom. The van der Waals surface area contributed by atoms with Crippen LogP contribution < -0.4 is 19.8 Å². The number of amides is 1. The summed E-state index contributed by atoms with van der Waals surface area (Å²) < 4.78 is 11.0. The molecule has 148 valence electrons. The van der Waals surface area contributed by atoms with Crippen molar-refractivity contribution in [1.82, 2.24) is 9.97 Å². The minimum Gasteiger partial charge on any atom is -0.488 e. The first-order valence-electron chi connectivity index (χ1n) is 8.92. The van der Waals surface area contributed by atoms with Crippen LogP contribution in [0.5, 0.6) is 11.5 Å². The average Bonchev–Trinajstić information content (AvgIpc) is 2.68. The van der Waals surface area contributed by atoms with E-state index in [0.29, 0.717) is 18.7 Å². The van der Waals surface area contributed by atoms with E-state index in [1.807, 2.05) is 6.92 Å². The molecular formula is C18H20N4O6. The lowest BCUT2D eigenvalue weighted by atomic mass is 10.1. The fourth-order valence-corrected chi connectivity index (χ4v) is 2.79. The molecule has 1 amide bonds. The summed E-state index contributed by atoms with van der Waals surface area (Å²) in [5.74, 6) is -0.250. The van der Waals surface area contributed by atoms with E-state index >= 15 is 0 Å². The third kappa shape index (κ3) is 3.80. The van der Waals surface area contributed by atoms with E-state index in [9.17, 15) is 19.7 Å². The van der Waals surface area contributed by atoms with Gasteiger partial charge < -0.3 is 24.6 Å². The molecular weight excluding hydrogens is 368 g/mol. The number of anilines is 1.